The predicted molar refractivity (Wildman–Crippen MR) is 161 cm³/mol. The van der Waals surface area contributed by atoms with Gasteiger partial charge in [0.05, 0.1) is 5.69 Å². The number of nitrogens with zero attached hydrogens (tertiary/aromatic N) is 3. The Morgan fingerprint density at radius 1 is 0.675 bits per heavy atom. The fraction of sp³-hybridized carbons (Fsp3) is 0.250. The molecule has 6 rings (SSSR count). The summed E-state index contributed by atoms with van der Waals surface area (Å²) >= 11 is 0. The number of aromatic nitrogens is 3. The third-order valence-electron chi connectivity index (χ3n) is 8.19. The minimum Gasteiger partial charge on any atom is -0.305 e. The monoisotopic (exact) mass is 702 g/mol. The van der Waals surface area contributed by atoms with Crippen molar-refractivity contribution in [1.82, 2.24) is 15.0 Å². The molecule has 0 aliphatic heterocycles. The molecule has 3 heterocycles. The number of rotatable bonds is 2. The Balaban J connectivity index is 0.000000223. The first-order valence-electron chi connectivity index (χ1n) is 13.5. The summed E-state index contributed by atoms with van der Waals surface area (Å²) in [6, 6.07) is 31.4. The van der Waals surface area contributed by atoms with Gasteiger partial charge in [-0.1, -0.05) is 63.1 Å². The number of fused-ring (bicyclic) bond motifs is 3. The van der Waals surface area contributed by atoms with Crippen LogP contribution in [0.3, 0.4) is 0 Å². The van der Waals surface area contributed by atoms with E-state index in [0.717, 1.165) is 28.2 Å². The summed E-state index contributed by atoms with van der Waals surface area (Å²) in [6.07, 6.45) is 3.74. The molecule has 0 N–H and O–H groups in total. The van der Waals surface area contributed by atoms with E-state index in [-0.39, 0.29) is 30.9 Å². The molecule has 2 aromatic carbocycles. The second kappa shape index (κ2) is 11.6. The van der Waals surface area contributed by atoms with E-state index in [1.807, 2.05) is 55.7 Å². The second-order valence-corrected chi connectivity index (χ2v) is 11.5. The van der Waals surface area contributed by atoms with Crippen LogP contribution in [0.4, 0.5) is 0 Å². The van der Waals surface area contributed by atoms with Crippen molar-refractivity contribution in [1.29, 1.82) is 0 Å². The molecule has 3 aromatic heterocycles. The number of hydrogen-bond donors (Lipinski definition) is 0. The second-order valence-electron chi connectivity index (χ2n) is 11.5. The average Bonchev–Trinajstić information content (AvgIpc) is 2.93. The van der Waals surface area contributed by atoms with Crippen molar-refractivity contribution in [2.45, 2.75) is 59.3 Å². The zero-order valence-electron chi connectivity index (χ0n) is 24.3. The Kier molecular flexibility index (Phi) is 8.54. The van der Waals surface area contributed by atoms with Gasteiger partial charge in [-0.05, 0) is 60.8 Å². The SMILES string of the molecule is Cc1ccc(-c2[c-]cccc2)nc1.Cc1ccnc(-c2[c-]cc3c(c2)-c2ccc(C)nc2C(C)(C)C3(C)C)c1.[Ir]. The molecule has 0 saturated heterocycles. The van der Waals surface area contributed by atoms with Gasteiger partial charge >= 0.3 is 0 Å². The van der Waals surface area contributed by atoms with Crippen LogP contribution in [0.25, 0.3) is 33.6 Å². The van der Waals surface area contributed by atoms with Gasteiger partial charge in [-0.2, -0.15) is 0 Å². The fourth-order valence-corrected chi connectivity index (χ4v) is 5.13. The van der Waals surface area contributed by atoms with E-state index in [1.165, 1.54) is 33.5 Å². The first-order chi connectivity index (χ1) is 18.6. The van der Waals surface area contributed by atoms with Crippen LogP contribution >= 0.6 is 0 Å². The molecule has 1 aliphatic rings. The van der Waals surface area contributed by atoms with Crippen LogP contribution in [-0.2, 0) is 30.9 Å². The molecule has 5 aromatic rings. The van der Waals surface area contributed by atoms with Crippen molar-refractivity contribution in [3.8, 4) is 33.6 Å². The minimum absolute atomic E-state index is 0. The summed E-state index contributed by atoms with van der Waals surface area (Å²) < 4.78 is 0. The van der Waals surface area contributed by atoms with Crippen molar-refractivity contribution in [2.75, 3.05) is 0 Å². The number of benzene rings is 2. The third-order valence-corrected chi connectivity index (χ3v) is 8.19. The number of hydrogen-bond acceptors (Lipinski definition) is 3. The van der Waals surface area contributed by atoms with Gasteiger partial charge in [0.2, 0.25) is 0 Å². The van der Waals surface area contributed by atoms with Gasteiger partial charge in [0.1, 0.15) is 0 Å². The molecule has 1 radical (unpaired) electrons. The summed E-state index contributed by atoms with van der Waals surface area (Å²) in [4.78, 5) is 13.8. The van der Waals surface area contributed by atoms with Gasteiger partial charge in [0.15, 0.2) is 0 Å². The molecule has 0 fully saturated rings. The molecule has 1 aliphatic carbocycles. The normalized spacial score (nSPS) is 14.1. The predicted octanol–water partition coefficient (Wildman–Crippen LogP) is 8.65. The quantitative estimate of drug-likeness (QED) is 0.173. The molecular formula is C36H35IrN3-2. The largest absolute Gasteiger partial charge is 0.305 e. The van der Waals surface area contributed by atoms with E-state index in [9.17, 15) is 0 Å². The van der Waals surface area contributed by atoms with Crippen molar-refractivity contribution in [3.05, 3.63) is 125 Å². The fourth-order valence-electron chi connectivity index (χ4n) is 5.13. The summed E-state index contributed by atoms with van der Waals surface area (Å²) in [5, 5.41) is 0. The Hall–Kier alpha value is -3.46. The number of pyridine rings is 3. The van der Waals surface area contributed by atoms with Crippen LogP contribution in [0.15, 0.2) is 85.2 Å². The van der Waals surface area contributed by atoms with Crippen molar-refractivity contribution in [2.24, 2.45) is 0 Å². The summed E-state index contributed by atoms with van der Waals surface area (Å²) in [6.45, 7) is 15.4. The Morgan fingerprint density at radius 2 is 1.48 bits per heavy atom. The molecular weight excluding hydrogens is 667 g/mol. The Bertz CT molecular complexity index is 1620. The Labute approximate surface area is 252 Å². The number of aryl methyl sites for hydroxylation is 3. The molecule has 205 valence electrons. The van der Waals surface area contributed by atoms with Crippen molar-refractivity contribution in [3.63, 3.8) is 0 Å². The summed E-state index contributed by atoms with van der Waals surface area (Å²) in [5.41, 5.74) is 12.4. The zero-order valence-corrected chi connectivity index (χ0v) is 26.7. The molecule has 0 atom stereocenters. The van der Waals surface area contributed by atoms with Gasteiger partial charge in [0.25, 0.3) is 0 Å². The van der Waals surface area contributed by atoms with Crippen molar-refractivity contribution < 1.29 is 20.1 Å². The van der Waals surface area contributed by atoms with Crippen LogP contribution in [0, 0.1) is 32.9 Å². The van der Waals surface area contributed by atoms with Gasteiger partial charge < -0.3 is 9.97 Å². The molecule has 0 spiro atoms. The topological polar surface area (TPSA) is 38.7 Å². The third kappa shape index (κ3) is 5.57. The molecule has 0 unspecified atom stereocenters. The maximum Gasteiger partial charge on any atom is 0.0526 e. The van der Waals surface area contributed by atoms with E-state index >= 15 is 0 Å². The minimum atomic E-state index is -0.0572. The molecule has 4 heteroatoms. The van der Waals surface area contributed by atoms with Gasteiger partial charge in [0, 0.05) is 43.6 Å². The average molecular weight is 702 g/mol. The summed E-state index contributed by atoms with van der Waals surface area (Å²) in [5.74, 6) is 0. The summed E-state index contributed by atoms with van der Waals surface area (Å²) in [7, 11) is 0. The van der Waals surface area contributed by atoms with E-state index < -0.39 is 0 Å². The standard InChI is InChI=1S/C24H25N2.C12H10N.Ir/c1-15-11-12-25-21(13-15)17-8-10-20-19(14-17)18-9-7-16(2)26-22(18)24(5,6)23(20,3)4;1-10-7-8-12(13-9-10)11-5-3-2-4-6-11;/h7,9-14H,1-6H3;2-5,7-9H,1H3;/q2*-1;. The van der Waals surface area contributed by atoms with E-state index in [2.05, 4.69) is 100 Å². The van der Waals surface area contributed by atoms with Crippen LogP contribution in [0.1, 0.15) is 55.8 Å². The molecule has 0 amide bonds. The maximum absolute atomic E-state index is 4.95. The van der Waals surface area contributed by atoms with Crippen LogP contribution < -0.4 is 0 Å². The molecule has 3 nitrogen and oxygen atoms in total. The van der Waals surface area contributed by atoms with Crippen LogP contribution in [0.5, 0.6) is 0 Å². The van der Waals surface area contributed by atoms with Crippen molar-refractivity contribution >= 4 is 0 Å². The smallest absolute Gasteiger partial charge is 0.0526 e. The Morgan fingerprint density at radius 3 is 2.15 bits per heavy atom. The van der Waals surface area contributed by atoms with Gasteiger partial charge in [-0.15, -0.1) is 65.2 Å². The van der Waals surface area contributed by atoms with E-state index in [4.69, 9.17) is 4.98 Å². The molecule has 40 heavy (non-hydrogen) atoms. The van der Waals surface area contributed by atoms with Crippen LogP contribution in [0.2, 0.25) is 0 Å². The maximum atomic E-state index is 4.95. The van der Waals surface area contributed by atoms with Gasteiger partial charge in [-0.3, -0.25) is 4.98 Å². The zero-order chi connectivity index (χ0) is 27.8. The van der Waals surface area contributed by atoms with E-state index in [0.29, 0.717) is 0 Å². The first kappa shape index (κ1) is 29.5. The first-order valence-corrected chi connectivity index (χ1v) is 13.5. The van der Waals surface area contributed by atoms with Crippen LogP contribution in [-0.4, -0.2) is 15.0 Å². The van der Waals surface area contributed by atoms with Gasteiger partial charge in [-0.25, -0.2) is 0 Å². The molecule has 0 bridgehead atoms. The van der Waals surface area contributed by atoms with E-state index in [1.54, 1.807) is 0 Å². The molecule has 0 saturated carbocycles.